The van der Waals surface area contributed by atoms with Gasteiger partial charge in [-0.3, -0.25) is 9.59 Å². The van der Waals surface area contributed by atoms with Gasteiger partial charge in [0.2, 0.25) is 0 Å². The van der Waals surface area contributed by atoms with Crippen molar-refractivity contribution in [2.45, 2.75) is 6.92 Å². The number of benzene rings is 3. The van der Waals surface area contributed by atoms with E-state index in [1.807, 2.05) is 19.1 Å². The summed E-state index contributed by atoms with van der Waals surface area (Å²) < 4.78 is 10.8. The van der Waals surface area contributed by atoms with Crippen LogP contribution in [0.4, 0.5) is 11.4 Å². The van der Waals surface area contributed by atoms with Crippen molar-refractivity contribution in [2.75, 3.05) is 24.4 Å². The third-order valence-electron chi connectivity index (χ3n) is 4.29. The molecule has 31 heavy (non-hydrogen) atoms. The van der Waals surface area contributed by atoms with Crippen LogP contribution in [0, 0.1) is 6.92 Å². The quantitative estimate of drug-likeness (QED) is 0.484. The van der Waals surface area contributed by atoms with E-state index in [-0.39, 0.29) is 18.4 Å². The first-order valence-electron chi connectivity index (χ1n) is 9.29. The lowest BCUT2D eigenvalue weighted by molar-refractivity contribution is -0.118. The number of rotatable bonds is 7. The second kappa shape index (κ2) is 10.2. The van der Waals surface area contributed by atoms with Crippen LogP contribution in [0.2, 0.25) is 10.0 Å². The highest BCUT2D eigenvalue weighted by molar-refractivity contribution is 6.42. The Kier molecular flexibility index (Phi) is 7.39. The number of nitrogens with one attached hydrogen (secondary N) is 2. The molecule has 0 heterocycles. The zero-order valence-corrected chi connectivity index (χ0v) is 18.4. The average Bonchev–Trinajstić information content (AvgIpc) is 2.75. The number of anilines is 2. The predicted molar refractivity (Wildman–Crippen MR) is 123 cm³/mol. The molecule has 3 aromatic rings. The van der Waals surface area contributed by atoms with Crippen LogP contribution in [0.5, 0.6) is 11.5 Å². The molecule has 0 bridgehead atoms. The number of carbonyl (C=O) groups excluding carboxylic acids is 2. The van der Waals surface area contributed by atoms with Crippen LogP contribution >= 0.6 is 23.2 Å². The van der Waals surface area contributed by atoms with E-state index in [0.717, 1.165) is 5.56 Å². The summed E-state index contributed by atoms with van der Waals surface area (Å²) in [7, 11) is 1.55. The summed E-state index contributed by atoms with van der Waals surface area (Å²) in [6, 6.07) is 16.8. The van der Waals surface area contributed by atoms with Crippen molar-refractivity contribution >= 4 is 46.4 Å². The molecule has 6 nitrogen and oxygen atoms in total. The molecule has 0 aliphatic rings. The summed E-state index contributed by atoms with van der Waals surface area (Å²) in [6.45, 7) is 1.73. The van der Waals surface area contributed by atoms with Crippen LogP contribution in [0.1, 0.15) is 15.9 Å². The minimum absolute atomic E-state index is 0.202. The van der Waals surface area contributed by atoms with E-state index in [2.05, 4.69) is 10.6 Å². The van der Waals surface area contributed by atoms with Crippen molar-refractivity contribution in [1.82, 2.24) is 0 Å². The molecule has 0 aliphatic heterocycles. The number of hydrogen-bond acceptors (Lipinski definition) is 4. The molecule has 0 aromatic heterocycles. The fourth-order valence-corrected chi connectivity index (χ4v) is 3.03. The van der Waals surface area contributed by atoms with Gasteiger partial charge < -0.3 is 20.1 Å². The molecule has 3 aromatic carbocycles. The van der Waals surface area contributed by atoms with Gasteiger partial charge in [0, 0.05) is 11.3 Å². The molecule has 0 atom stereocenters. The minimum Gasteiger partial charge on any atom is -0.495 e. The van der Waals surface area contributed by atoms with Gasteiger partial charge >= 0.3 is 0 Å². The first-order valence-corrected chi connectivity index (χ1v) is 10.0. The van der Waals surface area contributed by atoms with Gasteiger partial charge in [0.25, 0.3) is 11.8 Å². The highest BCUT2D eigenvalue weighted by Gasteiger charge is 2.11. The van der Waals surface area contributed by atoms with E-state index < -0.39 is 0 Å². The molecular weight excluding hydrogens is 439 g/mol. The average molecular weight is 459 g/mol. The Bertz CT molecular complexity index is 1100. The second-order valence-electron chi connectivity index (χ2n) is 6.65. The lowest BCUT2D eigenvalue weighted by Crippen LogP contribution is -2.20. The molecule has 0 fully saturated rings. The number of aryl methyl sites for hydroxylation is 1. The zero-order chi connectivity index (χ0) is 22.4. The molecular formula is C23H20Cl2N2O4. The molecule has 0 spiro atoms. The fraction of sp³-hybridized carbons (Fsp3) is 0.130. The third-order valence-corrected chi connectivity index (χ3v) is 5.03. The molecule has 2 amide bonds. The van der Waals surface area contributed by atoms with Crippen LogP contribution in [0.15, 0.2) is 60.7 Å². The topological polar surface area (TPSA) is 76.7 Å². The van der Waals surface area contributed by atoms with Crippen molar-refractivity contribution in [1.29, 1.82) is 0 Å². The lowest BCUT2D eigenvalue weighted by Gasteiger charge is -2.12. The first-order chi connectivity index (χ1) is 14.9. The number of hydrogen-bond donors (Lipinski definition) is 2. The van der Waals surface area contributed by atoms with Gasteiger partial charge in [0.15, 0.2) is 6.61 Å². The largest absolute Gasteiger partial charge is 0.495 e. The number of ether oxygens (including phenoxy) is 2. The van der Waals surface area contributed by atoms with Crippen LogP contribution in [-0.4, -0.2) is 25.5 Å². The Balaban J connectivity index is 1.56. The maximum Gasteiger partial charge on any atom is 0.262 e. The maximum absolute atomic E-state index is 12.5. The fourth-order valence-electron chi connectivity index (χ4n) is 2.74. The van der Waals surface area contributed by atoms with Crippen LogP contribution in [-0.2, 0) is 4.79 Å². The summed E-state index contributed by atoms with van der Waals surface area (Å²) in [5, 5.41) is 6.25. The van der Waals surface area contributed by atoms with Crippen molar-refractivity contribution in [2.24, 2.45) is 0 Å². The van der Waals surface area contributed by atoms with Crippen LogP contribution < -0.4 is 20.1 Å². The van der Waals surface area contributed by atoms with E-state index in [0.29, 0.717) is 38.5 Å². The smallest absolute Gasteiger partial charge is 0.262 e. The maximum atomic E-state index is 12.5. The number of amides is 2. The van der Waals surface area contributed by atoms with Crippen LogP contribution in [0.25, 0.3) is 0 Å². The molecule has 0 radical (unpaired) electrons. The standard InChI is InChI=1S/C23H20Cl2N2O4/c1-14-3-10-21(30-2)20(11-14)27-23(29)15-4-7-17(8-5-15)31-13-22(28)26-16-6-9-18(24)19(25)12-16/h3-12H,13H2,1-2H3,(H,26,28)(H,27,29). The zero-order valence-electron chi connectivity index (χ0n) is 16.9. The van der Waals surface area contributed by atoms with Gasteiger partial charge in [0.1, 0.15) is 11.5 Å². The highest BCUT2D eigenvalue weighted by atomic mass is 35.5. The Morgan fingerprint density at radius 1 is 0.903 bits per heavy atom. The molecule has 0 unspecified atom stereocenters. The van der Waals surface area contributed by atoms with Gasteiger partial charge in [-0.15, -0.1) is 0 Å². The van der Waals surface area contributed by atoms with E-state index in [4.69, 9.17) is 32.7 Å². The molecule has 2 N–H and O–H groups in total. The Morgan fingerprint density at radius 2 is 1.65 bits per heavy atom. The van der Waals surface area contributed by atoms with Gasteiger partial charge in [-0.1, -0.05) is 29.3 Å². The second-order valence-corrected chi connectivity index (χ2v) is 7.46. The van der Waals surface area contributed by atoms with Crippen molar-refractivity contribution in [3.63, 3.8) is 0 Å². The van der Waals surface area contributed by atoms with Gasteiger partial charge in [-0.05, 0) is 67.1 Å². The van der Waals surface area contributed by atoms with E-state index in [1.54, 1.807) is 55.6 Å². The molecule has 0 aliphatic carbocycles. The molecule has 160 valence electrons. The van der Waals surface area contributed by atoms with E-state index >= 15 is 0 Å². The normalized spacial score (nSPS) is 10.3. The third kappa shape index (κ3) is 6.13. The highest BCUT2D eigenvalue weighted by Crippen LogP contribution is 2.26. The minimum atomic E-state index is -0.355. The van der Waals surface area contributed by atoms with Gasteiger partial charge in [-0.25, -0.2) is 0 Å². The summed E-state index contributed by atoms with van der Waals surface area (Å²) in [5.41, 5.74) is 2.54. The summed E-state index contributed by atoms with van der Waals surface area (Å²) in [6.07, 6.45) is 0. The predicted octanol–water partition coefficient (Wildman–Crippen LogP) is 5.58. The van der Waals surface area contributed by atoms with Crippen molar-refractivity contribution in [3.8, 4) is 11.5 Å². The van der Waals surface area contributed by atoms with Gasteiger partial charge in [-0.2, -0.15) is 0 Å². The monoisotopic (exact) mass is 458 g/mol. The SMILES string of the molecule is COc1ccc(C)cc1NC(=O)c1ccc(OCC(=O)Nc2ccc(Cl)c(Cl)c2)cc1. The molecule has 3 rings (SSSR count). The number of methoxy groups -OCH3 is 1. The summed E-state index contributed by atoms with van der Waals surface area (Å²) >= 11 is 11.8. The number of carbonyl (C=O) groups is 2. The molecule has 0 saturated heterocycles. The van der Waals surface area contributed by atoms with Crippen LogP contribution in [0.3, 0.4) is 0 Å². The molecule has 8 heteroatoms. The van der Waals surface area contributed by atoms with E-state index in [9.17, 15) is 9.59 Å². The van der Waals surface area contributed by atoms with Gasteiger partial charge in [0.05, 0.1) is 22.8 Å². The van der Waals surface area contributed by atoms with Crippen molar-refractivity contribution < 1.29 is 19.1 Å². The Morgan fingerprint density at radius 3 is 2.32 bits per heavy atom. The Labute approximate surface area is 190 Å². The molecule has 0 saturated carbocycles. The number of halogens is 2. The summed E-state index contributed by atoms with van der Waals surface area (Å²) in [4.78, 5) is 24.6. The van der Waals surface area contributed by atoms with Crippen molar-refractivity contribution in [3.05, 3.63) is 81.8 Å². The lowest BCUT2D eigenvalue weighted by atomic mass is 10.1. The first kappa shape index (κ1) is 22.5. The summed E-state index contributed by atoms with van der Waals surface area (Å²) in [5.74, 6) is 0.389. The Hall–Kier alpha value is -3.22. The van der Waals surface area contributed by atoms with E-state index in [1.165, 1.54) is 0 Å².